The molecule has 4 fully saturated rings. The number of hydrogen-bond acceptors (Lipinski definition) is 12. The number of allylic oxidation sites excluding steroid dienone is 2. The Bertz CT molecular complexity index is 2540. The minimum Gasteiger partial charge on any atom is -0.476 e. The molecule has 1 aliphatic heterocycles. The highest BCUT2D eigenvalue weighted by Gasteiger charge is 3.02. The van der Waals surface area contributed by atoms with Gasteiger partial charge in [0.05, 0.1) is 28.2 Å². The number of fused-ring (bicyclic) bond motifs is 2. The average Bonchev–Trinajstić information content (AvgIpc) is 3.58. The second-order valence-electron chi connectivity index (χ2n) is 17.7. The highest BCUT2D eigenvalue weighted by Crippen LogP contribution is 3.03. The lowest BCUT2D eigenvalue weighted by Crippen LogP contribution is -3.01. The van der Waals surface area contributed by atoms with E-state index in [1.54, 1.807) is 18.2 Å². The van der Waals surface area contributed by atoms with Gasteiger partial charge in [-0.3, -0.25) is 14.7 Å². The molecule has 1 spiro atoms. The number of pyridine rings is 1. The summed E-state index contributed by atoms with van der Waals surface area (Å²) < 4.78 is 38.8. The van der Waals surface area contributed by atoms with Crippen molar-refractivity contribution in [2.24, 2.45) is 21.7 Å². The molecule has 16 heteroatoms. The maximum Gasteiger partial charge on any atom is 0.355 e. The predicted molar refractivity (Wildman–Crippen MR) is 227 cm³/mol. The number of para-hydroxylation sites is 1. The molecule has 59 heavy (non-hydrogen) atoms. The molecule has 4 saturated carbocycles. The minimum atomic E-state index is -4.02. The molecule has 5 atom stereocenters. The van der Waals surface area contributed by atoms with Crippen molar-refractivity contribution < 1.29 is 32.4 Å². The Morgan fingerprint density at radius 1 is 1.00 bits per heavy atom. The number of aromatic carboxylic acids is 1. The first kappa shape index (κ1) is 39.7. The number of amides is 1. The van der Waals surface area contributed by atoms with Gasteiger partial charge < -0.3 is 30.8 Å². The summed E-state index contributed by atoms with van der Waals surface area (Å²) in [6.07, 6.45) is 5.96. The first-order valence-electron chi connectivity index (χ1n) is 20.1. The van der Waals surface area contributed by atoms with E-state index in [4.69, 9.17) is 14.7 Å². The van der Waals surface area contributed by atoms with Crippen molar-refractivity contribution in [3.05, 3.63) is 88.2 Å². The molecule has 4 aromatic rings. The van der Waals surface area contributed by atoms with Gasteiger partial charge in [-0.25, -0.2) is 14.8 Å². The number of rotatable bonds is 16. The monoisotopic (exact) mass is 839 g/mol. The SMILES string of the molecule is C/C(NCC12CC3(C)CC4(C)CC(OCCNCCS(=O)(=O)O)(C1)C342)=C(/C=N)c1ccc(N2CCc3cccc(C(=O)Nc4nc5ccccc5s4)c3C2)nc1C(=O)O. The van der Waals surface area contributed by atoms with Crippen LogP contribution in [0.5, 0.6) is 0 Å². The predicted octanol–water partition coefficient (Wildman–Crippen LogP) is 6.01. The Balaban J connectivity index is 0.900. The molecule has 5 aliphatic rings. The Morgan fingerprint density at radius 2 is 1.80 bits per heavy atom. The van der Waals surface area contributed by atoms with Gasteiger partial charge in [-0.2, -0.15) is 8.42 Å². The summed E-state index contributed by atoms with van der Waals surface area (Å²) in [6, 6.07) is 17.0. The zero-order chi connectivity index (χ0) is 41.6. The number of thiazole rings is 1. The van der Waals surface area contributed by atoms with Gasteiger partial charge in [-0.15, -0.1) is 0 Å². The number of nitrogens with one attached hydrogen (secondary N) is 4. The fraction of sp³-hybridized carbons (Fsp3) is 0.465. The third-order valence-electron chi connectivity index (χ3n) is 14.3. The van der Waals surface area contributed by atoms with E-state index in [0.717, 1.165) is 47.0 Å². The fourth-order valence-corrected chi connectivity index (χ4v) is 14.5. The third kappa shape index (κ3) is 5.96. The van der Waals surface area contributed by atoms with Crippen LogP contribution < -0.4 is 20.9 Å². The minimum absolute atomic E-state index is 0.00618. The van der Waals surface area contributed by atoms with Crippen LogP contribution in [0.25, 0.3) is 15.8 Å². The molecule has 2 aromatic carbocycles. The van der Waals surface area contributed by atoms with E-state index in [1.807, 2.05) is 48.2 Å². The number of carbonyl (C=O) groups is 2. The van der Waals surface area contributed by atoms with Gasteiger partial charge in [-0.05, 0) is 91.3 Å². The molecule has 14 nitrogen and oxygen atoms in total. The van der Waals surface area contributed by atoms with E-state index < -0.39 is 16.1 Å². The van der Waals surface area contributed by atoms with E-state index >= 15 is 0 Å². The van der Waals surface area contributed by atoms with E-state index in [-0.39, 0.29) is 51.2 Å². The third-order valence-corrected chi connectivity index (χ3v) is 15.9. The molecule has 1 amide bonds. The molecule has 0 saturated heterocycles. The van der Waals surface area contributed by atoms with E-state index in [9.17, 15) is 23.1 Å². The fourth-order valence-electron chi connectivity index (χ4n) is 13.2. The lowest BCUT2D eigenvalue weighted by molar-refractivity contribution is -0.566. The highest BCUT2D eigenvalue weighted by molar-refractivity contribution is 7.85. The molecule has 3 heterocycles. The van der Waals surface area contributed by atoms with E-state index in [1.165, 1.54) is 17.6 Å². The van der Waals surface area contributed by atoms with Crippen LogP contribution >= 0.6 is 11.3 Å². The summed E-state index contributed by atoms with van der Waals surface area (Å²) in [5, 5.41) is 29.1. The maximum absolute atomic E-state index is 13.6. The molecular formula is C43H49N7O7S2. The van der Waals surface area contributed by atoms with E-state index in [0.29, 0.717) is 72.6 Å². The van der Waals surface area contributed by atoms with Gasteiger partial charge in [-0.1, -0.05) is 49.4 Å². The number of benzene rings is 2. The van der Waals surface area contributed by atoms with Crippen LogP contribution in [0.1, 0.15) is 84.0 Å². The van der Waals surface area contributed by atoms with Crippen molar-refractivity contribution in [1.82, 2.24) is 20.6 Å². The summed E-state index contributed by atoms with van der Waals surface area (Å²) in [5.74, 6) is -1.31. The van der Waals surface area contributed by atoms with Crippen molar-refractivity contribution in [2.45, 2.75) is 65.0 Å². The lowest BCUT2D eigenvalue weighted by Gasteiger charge is -3.02. The van der Waals surface area contributed by atoms with Crippen LogP contribution in [0, 0.1) is 27.1 Å². The van der Waals surface area contributed by atoms with Gasteiger partial charge in [0.1, 0.15) is 5.82 Å². The maximum atomic E-state index is 13.6. The molecule has 0 radical (unpaired) electrons. The first-order valence-corrected chi connectivity index (χ1v) is 22.5. The summed E-state index contributed by atoms with van der Waals surface area (Å²) >= 11 is 1.42. The zero-order valence-electron chi connectivity index (χ0n) is 33.4. The van der Waals surface area contributed by atoms with Crippen molar-refractivity contribution in [3.63, 3.8) is 0 Å². The number of aromatic nitrogens is 2. The number of carbonyl (C=O) groups excluding carboxylic acids is 1. The average molecular weight is 840 g/mol. The highest BCUT2D eigenvalue weighted by atomic mass is 32.2. The first-order chi connectivity index (χ1) is 28.1. The number of nitrogens with zero attached hydrogens (tertiary/aromatic N) is 3. The van der Waals surface area contributed by atoms with Gasteiger partial charge in [0.2, 0.25) is 0 Å². The topological polar surface area (TPSA) is 207 Å². The Kier molecular flexibility index (Phi) is 9.36. The van der Waals surface area contributed by atoms with Crippen LogP contribution in [0.3, 0.4) is 0 Å². The largest absolute Gasteiger partial charge is 0.476 e. The lowest BCUT2D eigenvalue weighted by atomic mass is 9.03. The summed E-state index contributed by atoms with van der Waals surface area (Å²) in [4.78, 5) is 37.6. The summed E-state index contributed by atoms with van der Waals surface area (Å²) in [5.41, 5.74) is 4.79. The Hall–Kier alpha value is -4.74. The summed E-state index contributed by atoms with van der Waals surface area (Å²) in [7, 11) is -4.02. The van der Waals surface area contributed by atoms with Crippen molar-refractivity contribution in [1.29, 1.82) is 5.41 Å². The molecule has 0 bridgehead atoms. The molecule has 2 aromatic heterocycles. The molecule has 4 aliphatic carbocycles. The normalized spacial score (nSPS) is 29.0. The zero-order valence-corrected chi connectivity index (χ0v) is 35.0. The molecule has 9 rings (SSSR count). The van der Waals surface area contributed by atoms with Gasteiger partial charge >= 0.3 is 5.97 Å². The molecule has 6 N–H and O–H groups in total. The molecule has 5 unspecified atom stereocenters. The van der Waals surface area contributed by atoms with Crippen molar-refractivity contribution in [3.8, 4) is 0 Å². The Labute approximate surface area is 347 Å². The van der Waals surface area contributed by atoms with Gasteiger partial charge in [0, 0.05) is 72.2 Å². The number of carboxylic acids is 1. The van der Waals surface area contributed by atoms with E-state index in [2.05, 4.69) is 39.8 Å². The van der Waals surface area contributed by atoms with Crippen LogP contribution in [0.2, 0.25) is 0 Å². The second-order valence-corrected chi connectivity index (χ2v) is 20.3. The standard InChI is InChI=1S/C43H49N7O7S2/c1-26(46-25-41-22-39(2)21-40(3)23-42(24-41,43(39,40)41)57-17-14-45-15-18-59(54,55)56)30(19-44)28-11-12-34(48-35(28)37(52)53)50-16-13-27-7-6-8-29(31(27)20-50)36(51)49-38-47-32-9-4-5-10-33(32)58-38/h4-12,19,44-46H,13-18,20-25H2,1-3H3,(H,52,53)(H,47,49,51)(H,54,55,56)/b30-26+,44-19?. The Morgan fingerprint density at radius 3 is 2.53 bits per heavy atom. The van der Waals surface area contributed by atoms with Crippen LogP contribution in [0.15, 0.2) is 60.3 Å². The van der Waals surface area contributed by atoms with Gasteiger partial charge in [0.15, 0.2) is 10.8 Å². The quantitative estimate of drug-likeness (QED) is 0.0436. The molecule has 310 valence electrons. The number of ether oxygens (including phenoxy) is 1. The number of carboxylic acid groups (broad SMARTS) is 1. The number of hydrogen-bond donors (Lipinski definition) is 6. The smallest absolute Gasteiger partial charge is 0.355 e. The van der Waals surface area contributed by atoms with Crippen LogP contribution in [-0.2, 0) is 27.8 Å². The second kappa shape index (κ2) is 13.9. The van der Waals surface area contributed by atoms with Crippen molar-refractivity contribution >= 4 is 66.3 Å². The molecular weight excluding hydrogens is 791 g/mol. The van der Waals surface area contributed by atoms with Gasteiger partial charge in [0.25, 0.3) is 16.0 Å². The summed E-state index contributed by atoms with van der Waals surface area (Å²) in [6.45, 7) is 9.36. The van der Waals surface area contributed by atoms with Crippen LogP contribution in [0.4, 0.5) is 10.9 Å². The van der Waals surface area contributed by atoms with Crippen LogP contribution in [-0.4, -0.2) is 90.3 Å². The van der Waals surface area contributed by atoms with Crippen molar-refractivity contribution in [2.75, 3.05) is 48.8 Å². The number of anilines is 2.